The fraction of sp³-hybridized carbons (Fsp3) is 0.727. The van der Waals surface area contributed by atoms with Crippen molar-refractivity contribution in [3.05, 3.63) is 22.4 Å². The van der Waals surface area contributed by atoms with Crippen LogP contribution in [0, 0.1) is 5.92 Å². The van der Waals surface area contributed by atoms with Crippen LogP contribution in [0.15, 0.2) is 22.5 Å². The molecular formula is C22H35N5O2S. The highest BCUT2D eigenvalue weighted by atomic mass is 32.1. The summed E-state index contributed by atoms with van der Waals surface area (Å²) in [5.41, 5.74) is 0. The van der Waals surface area contributed by atoms with Crippen molar-refractivity contribution in [1.29, 1.82) is 0 Å². The van der Waals surface area contributed by atoms with Gasteiger partial charge in [-0.3, -0.25) is 14.7 Å². The van der Waals surface area contributed by atoms with Gasteiger partial charge in [-0.15, -0.1) is 11.3 Å². The molecule has 7 nitrogen and oxygen atoms in total. The zero-order valence-corrected chi connectivity index (χ0v) is 18.9. The molecule has 0 saturated carbocycles. The number of carbonyl (C=O) groups excluding carboxylic acids is 1. The van der Waals surface area contributed by atoms with E-state index in [9.17, 15) is 4.79 Å². The van der Waals surface area contributed by atoms with Crippen LogP contribution in [0.5, 0.6) is 0 Å². The monoisotopic (exact) mass is 433 g/mol. The second kappa shape index (κ2) is 10.6. The van der Waals surface area contributed by atoms with E-state index in [0.717, 1.165) is 64.7 Å². The molecule has 30 heavy (non-hydrogen) atoms. The van der Waals surface area contributed by atoms with Gasteiger partial charge in [0.25, 0.3) is 5.91 Å². The van der Waals surface area contributed by atoms with Crippen LogP contribution in [0.2, 0.25) is 0 Å². The largest absolute Gasteiger partial charge is 0.368 e. The number of carbonyl (C=O) groups is 1. The van der Waals surface area contributed by atoms with Gasteiger partial charge in [-0.25, -0.2) is 0 Å². The zero-order valence-electron chi connectivity index (χ0n) is 18.1. The van der Waals surface area contributed by atoms with Crippen LogP contribution in [0.25, 0.3) is 0 Å². The maximum Gasteiger partial charge on any atom is 0.251 e. The van der Waals surface area contributed by atoms with Gasteiger partial charge in [-0.2, -0.15) is 0 Å². The van der Waals surface area contributed by atoms with Crippen molar-refractivity contribution < 1.29 is 9.53 Å². The van der Waals surface area contributed by atoms with E-state index in [0.29, 0.717) is 5.92 Å². The SMILES string of the molecule is CN=C(NCC1CCN(Cc2cccs2)CC1)N1CCN(C(=O)C2CCCO2)CC1. The molecule has 1 amide bonds. The predicted octanol–water partition coefficient (Wildman–Crippen LogP) is 1.86. The number of ether oxygens (including phenoxy) is 1. The second-order valence-electron chi connectivity index (χ2n) is 8.54. The summed E-state index contributed by atoms with van der Waals surface area (Å²) in [6.07, 6.45) is 4.13. The lowest BCUT2D eigenvalue weighted by atomic mass is 9.97. The number of guanidine groups is 1. The number of piperazine rings is 1. The number of nitrogens with one attached hydrogen (secondary N) is 1. The molecule has 1 atom stereocenters. The summed E-state index contributed by atoms with van der Waals surface area (Å²) in [5, 5.41) is 5.76. The molecule has 0 aromatic carbocycles. The molecule has 0 spiro atoms. The van der Waals surface area contributed by atoms with Crippen molar-refractivity contribution in [2.24, 2.45) is 10.9 Å². The van der Waals surface area contributed by atoms with Gasteiger partial charge < -0.3 is 19.9 Å². The third kappa shape index (κ3) is 5.53. The lowest BCUT2D eigenvalue weighted by Crippen LogP contribution is -2.55. The molecule has 1 aromatic heterocycles. The summed E-state index contributed by atoms with van der Waals surface area (Å²) in [6.45, 7) is 8.30. The number of amides is 1. The third-order valence-corrected chi connectivity index (χ3v) is 7.38. The lowest BCUT2D eigenvalue weighted by molar-refractivity contribution is -0.142. The van der Waals surface area contributed by atoms with Gasteiger partial charge in [0.15, 0.2) is 5.96 Å². The minimum atomic E-state index is -0.209. The molecule has 3 aliphatic heterocycles. The van der Waals surface area contributed by atoms with E-state index in [1.54, 1.807) is 0 Å². The molecule has 0 bridgehead atoms. The van der Waals surface area contributed by atoms with Crippen LogP contribution in [0.1, 0.15) is 30.6 Å². The Morgan fingerprint density at radius 2 is 1.93 bits per heavy atom. The number of likely N-dealkylation sites (tertiary alicyclic amines) is 1. The number of thiophene rings is 1. The molecule has 3 saturated heterocycles. The van der Waals surface area contributed by atoms with Gasteiger partial charge in [0.2, 0.25) is 0 Å². The standard InChI is InChI=1S/C22H35N5O2S/c1-23-22(27-12-10-26(11-13-27)21(28)20-5-2-14-29-20)24-16-18-6-8-25(9-7-18)17-19-4-3-15-30-19/h3-4,15,18,20H,2,5-14,16-17H2,1H3,(H,23,24). The molecule has 4 rings (SSSR count). The van der Waals surface area contributed by atoms with Crippen LogP contribution in [0.3, 0.4) is 0 Å². The Labute approximate surface area is 184 Å². The average Bonchev–Trinajstić information content (AvgIpc) is 3.50. The summed E-state index contributed by atoms with van der Waals surface area (Å²) in [4.78, 5) is 25.3. The first kappa shape index (κ1) is 21.6. The van der Waals surface area contributed by atoms with E-state index in [2.05, 4.69) is 37.6 Å². The van der Waals surface area contributed by atoms with Gasteiger partial charge in [0.05, 0.1) is 0 Å². The normalized spacial score (nSPS) is 24.4. The molecule has 1 unspecified atom stereocenters. The van der Waals surface area contributed by atoms with Crippen molar-refractivity contribution in [2.45, 2.75) is 38.3 Å². The first-order chi connectivity index (χ1) is 14.7. The van der Waals surface area contributed by atoms with E-state index in [-0.39, 0.29) is 12.0 Å². The molecule has 4 heterocycles. The molecule has 1 aromatic rings. The molecule has 3 aliphatic rings. The average molecular weight is 434 g/mol. The van der Waals surface area contributed by atoms with E-state index in [1.165, 1.54) is 30.8 Å². The van der Waals surface area contributed by atoms with Crippen molar-refractivity contribution in [2.75, 3.05) is 59.5 Å². The lowest BCUT2D eigenvalue weighted by Gasteiger charge is -2.38. The first-order valence-electron chi connectivity index (χ1n) is 11.3. The Hall–Kier alpha value is -1.64. The Kier molecular flexibility index (Phi) is 7.62. The van der Waals surface area contributed by atoms with Crippen molar-refractivity contribution in [1.82, 2.24) is 20.0 Å². The van der Waals surface area contributed by atoms with Gasteiger partial charge in [-0.05, 0) is 56.1 Å². The zero-order chi connectivity index (χ0) is 20.8. The van der Waals surface area contributed by atoms with Crippen LogP contribution >= 0.6 is 11.3 Å². The van der Waals surface area contributed by atoms with Crippen LogP contribution in [-0.4, -0.2) is 92.1 Å². The maximum atomic E-state index is 12.5. The Balaban J connectivity index is 1.16. The molecule has 8 heteroatoms. The number of hydrogen-bond acceptors (Lipinski definition) is 5. The smallest absolute Gasteiger partial charge is 0.251 e. The molecule has 0 aliphatic carbocycles. The highest BCUT2D eigenvalue weighted by Crippen LogP contribution is 2.20. The Bertz CT molecular complexity index is 688. The maximum absolute atomic E-state index is 12.5. The van der Waals surface area contributed by atoms with Crippen LogP contribution < -0.4 is 5.32 Å². The Morgan fingerprint density at radius 1 is 1.17 bits per heavy atom. The third-order valence-electron chi connectivity index (χ3n) is 6.52. The minimum absolute atomic E-state index is 0.171. The van der Waals surface area contributed by atoms with Gasteiger partial charge in [-0.1, -0.05) is 6.07 Å². The summed E-state index contributed by atoms with van der Waals surface area (Å²) in [6, 6.07) is 4.37. The molecule has 166 valence electrons. The number of rotatable bonds is 5. The molecule has 0 radical (unpaired) electrons. The highest BCUT2D eigenvalue weighted by Gasteiger charge is 2.31. The quantitative estimate of drug-likeness (QED) is 0.567. The van der Waals surface area contributed by atoms with Gasteiger partial charge >= 0.3 is 0 Å². The topological polar surface area (TPSA) is 60.4 Å². The fourth-order valence-corrected chi connectivity index (χ4v) is 5.40. The van der Waals surface area contributed by atoms with Crippen molar-refractivity contribution in [3.63, 3.8) is 0 Å². The second-order valence-corrected chi connectivity index (χ2v) is 9.57. The summed E-state index contributed by atoms with van der Waals surface area (Å²) >= 11 is 1.85. The highest BCUT2D eigenvalue weighted by molar-refractivity contribution is 7.09. The number of hydrogen-bond donors (Lipinski definition) is 1. The number of nitrogens with zero attached hydrogens (tertiary/aromatic N) is 4. The van der Waals surface area contributed by atoms with E-state index in [1.807, 2.05) is 23.3 Å². The molecule has 3 fully saturated rings. The molecule has 1 N–H and O–H groups in total. The van der Waals surface area contributed by atoms with Crippen molar-refractivity contribution >= 4 is 23.2 Å². The Morgan fingerprint density at radius 3 is 2.57 bits per heavy atom. The molecular weight excluding hydrogens is 398 g/mol. The van der Waals surface area contributed by atoms with Crippen LogP contribution in [0.4, 0.5) is 0 Å². The fourth-order valence-electron chi connectivity index (χ4n) is 4.65. The number of piperidine rings is 1. The summed E-state index contributed by atoms with van der Waals surface area (Å²) in [5.74, 6) is 1.84. The summed E-state index contributed by atoms with van der Waals surface area (Å²) < 4.78 is 5.56. The van der Waals surface area contributed by atoms with Crippen LogP contribution in [-0.2, 0) is 16.1 Å². The van der Waals surface area contributed by atoms with Crippen molar-refractivity contribution in [3.8, 4) is 0 Å². The first-order valence-corrected chi connectivity index (χ1v) is 12.2. The van der Waals surface area contributed by atoms with E-state index in [4.69, 9.17) is 4.74 Å². The summed E-state index contributed by atoms with van der Waals surface area (Å²) in [7, 11) is 1.86. The van der Waals surface area contributed by atoms with E-state index < -0.39 is 0 Å². The predicted molar refractivity (Wildman–Crippen MR) is 121 cm³/mol. The van der Waals surface area contributed by atoms with Gasteiger partial charge in [0.1, 0.15) is 6.10 Å². The number of aliphatic imine (C=N–C) groups is 1. The van der Waals surface area contributed by atoms with E-state index >= 15 is 0 Å². The minimum Gasteiger partial charge on any atom is -0.368 e. The van der Waals surface area contributed by atoms with Gasteiger partial charge in [0, 0.05) is 57.8 Å².